The van der Waals surface area contributed by atoms with Crippen LogP contribution in [-0.2, 0) is 15.7 Å². The fraction of sp³-hybridized carbons (Fsp3) is 0.345. The van der Waals surface area contributed by atoms with E-state index in [0.29, 0.717) is 36.5 Å². The molecule has 3 N–H and O–H groups in total. The number of aromatic nitrogens is 4. The number of nitrogens with two attached hydrogens (primary N) is 1. The lowest BCUT2D eigenvalue weighted by atomic mass is 9.96. The van der Waals surface area contributed by atoms with Gasteiger partial charge in [-0.15, -0.1) is 0 Å². The summed E-state index contributed by atoms with van der Waals surface area (Å²) < 4.78 is 46.6. The zero-order valence-corrected chi connectivity index (χ0v) is 22.5. The number of carbonyl (C=O) groups is 2. The number of nitrogen functional groups attached to an aromatic ring is 1. The quantitative estimate of drug-likeness (QED) is 0.356. The molecule has 2 amide bonds. The van der Waals surface area contributed by atoms with Crippen LogP contribution in [0.25, 0.3) is 16.8 Å². The largest absolute Gasteiger partial charge is 0.416 e. The number of anilines is 2. The van der Waals surface area contributed by atoms with E-state index in [4.69, 9.17) is 15.5 Å². The molecule has 6 rings (SSSR count). The molecule has 2 fully saturated rings. The third-order valence-corrected chi connectivity index (χ3v) is 7.66. The molecule has 0 radical (unpaired) electrons. The Morgan fingerprint density at radius 3 is 2.60 bits per heavy atom. The first-order chi connectivity index (χ1) is 20.2. The van der Waals surface area contributed by atoms with Crippen LogP contribution in [0.1, 0.15) is 53.3 Å². The number of nitrogens with one attached hydrogen (secondary N) is 1. The predicted molar refractivity (Wildman–Crippen MR) is 148 cm³/mol. The minimum absolute atomic E-state index is 0.0219. The van der Waals surface area contributed by atoms with Gasteiger partial charge in [0.05, 0.1) is 5.56 Å². The van der Waals surface area contributed by atoms with Gasteiger partial charge in [-0.05, 0) is 49.9 Å². The molecule has 0 spiro atoms. The molecule has 0 saturated carbocycles. The van der Waals surface area contributed by atoms with Crippen LogP contribution in [0.2, 0.25) is 0 Å². The standard InChI is InChI=1S/C29H28F3N7O3/c30-29(31,32)20-9-10-34-22(15-20)36-27(40)18-7-5-17(6-8-18)23-24-25(33)35-11-13-39(24)26(37-23)19-3-1-12-38(16-19)28(41)21-4-2-14-42-21/h5-11,13,15,19,21H,1-4,12,14,16H2,(H2,33,35)(H,34,36,40)/t19-,21?/m1/s1. The molecule has 3 aromatic heterocycles. The lowest BCUT2D eigenvalue weighted by molar-refractivity contribution is -0.142. The molecule has 2 aliphatic rings. The number of benzene rings is 1. The molecule has 1 unspecified atom stereocenters. The van der Waals surface area contributed by atoms with Crippen LogP contribution in [0.5, 0.6) is 0 Å². The molecule has 2 aliphatic heterocycles. The molecule has 13 heteroatoms. The summed E-state index contributed by atoms with van der Waals surface area (Å²) in [5, 5.41) is 2.41. The fourth-order valence-electron chi connectivity index (χ4n) is 5.58. The molecule has 0 bridgehead atoms. The summed E-state index contributed by atoms with van der Waals surface area (Å²) in [4.78, 5) is 40.7. The number of hydrogen-bond donors (Lipinski definition) is 2. The van der Waals surface area contributed by atoms with Crippen molar-refractivity contribution in [3.8, 4) is 11.3 Å². The third kappa shape index (κ3) is 5.39. The van der Waals surface area contributed by atoms with Gasteiger partial charge in [0.25, 0.3) is 11.8 Å². The number of ether oxygens (including phenoxy) is 1. The molecule has 2 atom stereocenters. The topological polar surface area (TPSA) is 128 Å². The molecule has 42 heavy (non-hydrogen) atoms. The Labute approximate surface area is 238 Å². The first-order valence-corrected chi connectivity index (χ1v) is 13.7. The SMILES string of the molecule is Nc1nccn2c([C@@H]3CCCN(C(=O)C4CCCO4)C3)nc(-c3ccc(C(=O)Nc4cc(C(F)(F)F)ccn4)cc3)c12. The molecule has 0 aliphatic carbocycles. The molecule has 4 aromatic rings. The summed E-state index contributed by atoms with van der Waals surface area (Å²) in [5.74, 6) is 0.221. The van der Waals surface area contributed by atoms with Crippen LogP contribution in [-0.4, -0.2) is 61.9 Å². The number of hydrogen-bond acceptors (Lipinski definition) is 7. The minimum Gasteiger partial charge on any atom is -0.382 e. The number of rotatable bonds is 5. The van der Waals surface area contributed by atoms with Crippen molar-refractivity contribution in [3.05, 3.63) is 71.9 Å². The molecule has 218 valence electrons. The highest BCUT2D eigenvalue weighted by Crippen LogP contribution is 2.35. The minimum atomic E-state index is -4.55. The normalized spacial score (nSPS) is 19.3. The Balaban J connectivity index is 1.25. The summed E-state index contributed by atoms with van der Waals surface area (Å²) in [5.41, 5.74) is 7.48. The maximum absolute atomic E-state index is 13.0. The number of halogens is 3. The number of piperidine rings is 1. The Hall–Kier alpha value is -4.52. The van der Waals surface area contributed by atoms with Gasteiger partial charge in [-0.1, -0.05) is 12.1 Å². The van der Waals surface area contributed by atoms with Crippen molar-refractivity contribution in [2.24, 2.45) is 0 Å². The van der Waals surface area contributed by atoms with E-state index >= 15 is 0 Å². The van der Waals surface area contributed by atoms with Gasteiger partial charge in [-0.3, -0.25) is 14.0 Å². The van der Waals surface area contributed by atoms with Gasteiger partial charge in [0.2, 0.25) is 0 Å². The highest BCUT2D eigenvalue weighted by Gasteiger charge is 2.34. The lowest BCUT2D eigenvalue weighted by Crippen LogP contribution is -2.44. The van der Waals surface area contributed by atoms with Crippen molar-refractivity contribution in [1.29, 1.82) is 0 Å². The van der Waals surface area contributed by atoms with Crippen molar-refractivity contribution < 1.29 is 27.5 Å². The van der Waals surface area contributed by atoms with Crippen LogP contribution in [0, 0.1) is 0 Å². The van der Waals surface area contributed by atoms with E-state index in [1.807, 2.05) is 9.30 Å². The Morgan fingerprint density at radius 1 is 1.05 bits per heavy atom. The summed E-state index contributed by atoms with van der Waals surface area (Å²) >= 11 is 0. The first-order valence-electron chi connectivity index (χ1n) is 13.7. The molecule has 2 saturated heterocycles. The van der Waals surface area contributed by atoms with Gasteiger partial charge in [0, 0.05) is 55.3 Å². The van der Waals surface area contributed by atoms with Crippen LogP contribution in [0.4, 0.5) is 24.8 Å². The molecule has 1 aromatic carbocycles. The summed E-state index contributed by atoms with van der Waals surface area (Å²) in [6.45, 7) is 1.80. The maximum atomic E-state index is 13.0. The molecule has 5 heterocycles. The second-order valence-electron chi connectivity index (χ2n) is 10.4. The van der Waals surface area contributed by atoms with Crippen molar-refractivity contribution in [1.82, 2.24) is 24.3 Å². The Bertz CT molecular complexity index is 1630. The maximum Gasteiger partial charge on any atom is 0.416 e. The number of nitrogens with zero attached hydrogens (tertiary/aromatic N) is 5. The van der Waals surface area contributed by atoms with E-state index in [-0.39, 0.29) is 35.1 Å². The molecular weight excluding hydrogens is 551 g/mol. The summed E-state index contributed by atoms with van der Waals surface area (Å²) in [6.07, 6.45) is 2.76. The fourth-order valence-corrected chi connectivity index (χ4v) is 5.58. The van der Waals surface area contributed by atoms with Crippen LogP contribution < -0.4 is 11.1 Å². The Kier molecular flexibility index (Phi) is 7.27. The Morgan fingerprint density at radius 2 is 1.86 bits per heavy atom. The number of carbonyl (C=O) groups excluding carboxylic acids is 2. The van der Waals surface area contributed by atoms with Gasteiger partial charge in [-0.25, -0.2) is 15.0 Å². The highest BCUT2D eigenvalue weighted by molar-refractivity contribution is 6.04. The van der Waals surface area contributed by atoms with Crippen molar-refractivity contribution in [3.63, 3.8) is 0 Å². The summed E-state index contributed by atoms with van der Waals surface area (Å²) in [6, 6.07) is 8.11. The number of imidazole rings is 1. The average Bonchev–Trinajstić information content (AvgIpc) is 3.66. The van der Waals surface area contributed by atoms with Crippen LogP contribution >= 0.6 is 0 Å². The van der Waals surface area contributed by atoms with Gasteiger partial charge < -0.3 is 20.7 Å². The summed E-state index contributed by atoms with van der Waals surface area (Å²) in [7, 11) is 0. The third-order valence-electron chi connectivity index (χ3n) is 7.66. The number of amides is 2. The molecule has 10 nitrogen and oxygen atoms in total. The van der Waals surface area contributed by atoms with Gasteiger partial charge >= 0.3 is 6.18 Å². The van der Waals surface area contributed by atoms with Gasteiger partial charge in [-0.2, -0.15) is 13.2 Å². The van der Waals surface area contributed by atoms with Crippen molar-refractivity contribution in [2.45, 2.75) is 43.9 Å². The van der Waals surface area contributed by atoms with Crippen molar-refractivity contribution in [2.75, 3.05) is 30.7 Å². The number of alkyl halides is 3. The van der Waals surface area contributed by atoms with Crippen LogP contribution in [0.3, 0.4) is 0 Å². The first kappa shape index (κ1) is 27.6. The van der Waals surface area contributed by atoms with E-state index in [2.05, 4.69) is 15.3 Å². The van der Waals surface area contributed by atoms with Crippen LogP contribution in [0.15, 0.2) is 55.0 Å². The predicted octanol–water partition coefficient (Wildman–Crippen LogP) is 4.53. The van der Waals surface area contributed by atoms with Gasteiger partial charge in [0.15, 0.2) is 0 Å². The second-order valence-corrected chi connectivity index (χ2v) is 10.4. The zero-order valence-electron chi connectivity index (χ0n) is 22.5. The second kappa shape index (κ2) is 11.0. The number of fused-ring (bicyclic) bond motifs is 1. The monoisotopic (exact) mass is 579 g/mol. The van der Waals surface area contributed by atoms with E-state index in [1.165, 1.54) is 0 Å². The highest BCUT2D eigenvalue weighted by atomic mass is 19.4. The van der Waals surface area contributed by atoms with E-state index < -0.39 is 17.6 Å². The van der Waals surface area contributed by atoms with E-state index in [0.717, 1.165) is 49.8 Å². The average molecular weight is 580 g/mol. The zero-order chi connectivity index (χ0) is 29.4. The lowest BCUT2D eigenvalue weighted by Gasteiger charge is -2.33. The van der Waals surface area contributed by atoms with Crippen molar-refractivity contribution >= 4 is 29.0 Å². The van der Waals surface area contributed by atoms with E-state index in [1.54, 1.807) is 36.7 Å². The smallest absolute Gasteiger partial charge is 0.382 e. The van der Waals surface area contributed by atoms with E-state index in [9.17, 15) is 22.8 Å². The van der Waals surface area contributed by atoms with Gasteiger partial charge in [0.1, 0.15) is 34.8 Å². The molecular formula is C29H28F3N7O3. The number of pyridine rings is 1. The number of likely N-dealkylation sites (tertiary alicyclic amines) is 1.